The average molecular weight is 637 g/mol. The summed E-state index contributed by atoms with van der Waals surface area (Å²) in [6.07, 6.45) is 7.33. The van der Waals surface area contributed by atoms with Crippen LogP contribution >= 0.6 is 0 Å². The zero-order valence-electron chi connectivity index (χ0n) is 27.2. The number of fused-ring (bicyclic) bond motifs is 6. The number of esters is 1. The number of cyclic esters (lactones) is 1. The Morgan fingerprint density at radius 3 is 2.48 bits per heavy atom. The Labute approximate surface area is 270 Å². The van der Waals surface area contributed by atoms with Gasteiger partial charge < -0.3 is 38.7 Å². The summed E-state index contributed by atoms with van der Waals surface area (Å²) in [4.78, 5) is 25.1. The number of hydrogen-bond acceptors (Lipinski definition) is 9. The number of carbonyl (C=O) groups is 2. The first-order valence-corrected chi connectivity index (χ1v) is 17.4. The highest BCUT2D eigenvalue weighted by Crippen LogP contribution is 2.70. The van der Waals surface area contributed by atoms with Gasteiger partial charge in [0, 0.05) is 29.9 Å². The lowest BCUT2D eigenvalue weighted by Gasteiger charge is -2.65. The lowest BCUT2D eigenvalue weighted by atomic mass is 9.41. The lowest BCUT2D eigenvalue weighted by Crippen LogP contribution is -2.69. The van der Waals surface area contributed by atoms with Gasteiger partial charge in [0.1, 0.15) is 19.0 Å². The first kappa shape index (κ1) is 31.1. The summed E-state index contributed by atoms with van der Waals surface area (Å²) in [7, 11) is 0. The molecule has 6 fully saturated rings. The Balaban J connectivity index is 0.969. The number of aliphatic hydroxyl groups is 2. The van der Waals surface area contributed by atoms with E-state index in [0.717, 1.165) is 36.7 Å². The third kappa shape index (κ3) is 4.34. The molecule has 2 N–H and O–H groups in total. The van der Waals surface area contributed by atoms with E-state index in [2.05, 4.69) is 6.92 Å². The Hall–Kier alpha value is -2.14. The van der Waals surface area contributed by atoms with Crippen molar-refractivity contribution in [3.63, 3.8) is 0 Å². The topological polar surface area (TPSA) is 121 Å². The summed E-state index contributed by atoms with van der Waals surface area (Å²) in [5.41, 5.74) is -1.55. The molecule has 2 saturated heterocycles. The fraction of sp³-hybridized carbons (Fsp3) is 0.730. The molecule has 0 amide bonds. The van der Waals surface area contributed by atoms with Gasteiger partial charge in [0.2, 0.25) is 0 Å². The maximum absolute atomic E-state index is 13.2. The molecule has 3 aliphatic heterocycles. The largest absolute Gasteiger partial charge is 0.458 e. The molecule has 4 aliphatic carbocycles. The van der Waals surface area contributed by atoms with Gasteiger partial charge in [0.25, 0.3) is 0 Å². The van der Waals surface area contributed by atoms with E-state index in [1.54, 1.807) is 6.08 Å². The van der Waals surface area contributed by atoms with Crippen LogP contribution in [0.1, 0.15) is 90.5 Å². The van der Waals surface area contributed by atoms with E-state index in [1.165, 1.54) is 0 Å². The van der Waals surface area contributed by atoms with E-state index in [4.69, 9.17) is 23.7 Å². The number of ether oxygens (including phenoxy) is 5. The summed E-state index contributed by atoms with van der Waals surface area (Å²) in [6.45, 7) is 6.41. The van der Waals surface area contributed by atoms with Crippen LogP contribution in [0.5, 0.6) is 0 Å². The van der Waals surface area contributed by atoms with E-state index in [9.17, 15) is 19.8 Å². The normalized spacial score (nSPS) is 51.3. The van der Waals surface area contributed by atoms with Crippen molar-refractivity contribution in [2.45, 2.75) is 133 Å². The molecule has 1 aromatic carbocycles. The summed E-state index contributed by atoms with van der Waals surface area (Å²) in [6, 6.07) is 9.94. The number of rotatable bonds is 5. The van der Waals surface area contributed by atoms with Crippen LogP contribution < -0.4 is 0 Å². The molecule has 13 atom stereocenters. The molecule has 0 bridgehead atoms. The van der Waals surface area contributed by atoms with E-state index in [-0.39, 0.29) is 48.1 Å². The molecule has 3 heterocycles. The second kappa shape index (κ2) is 10.7. The van der Waals surface area contributed by atoms with Crippen LogP contribution in [0.25, 0.3) is 0 Å². The number of benzene rings is 1. The highest BCUT2D eigenvalue weighted by Gasteiger charge is 2.71. The minimum absolute atomic E-state index is 0.0827. The Morgan fingerprint density at radius 1 is 0.957 bits per heavy atom. The summed E-state index contributed by atoms with van der Waals surface area (Å²) < 4.78 is 31.1. The van der Waals surface area contributed by atoms with Gasteiger partial charge in [0.05, 0.1) is 34.9 Å². The zero-order chi connectivity index (χ0) is 32.1. The smallest absolute Gasteiger partial charge is 0.331 e. The quantitative estimate of drug-likeness (QED) is 0.269. The van der Waals surface area contributed by atoms with Crippen molar-refractivity contribution in [3.05, 3.63) is 47.5 Å². The van der Waals surface area contributed by atoms with Crippen LogP contribution in [0.15, 0.2) is 42.0 Å². The molecular weight excluding hydrogens is 588 g/mol. The Bertz CT molecular complexity index is 1410. The fourth-order valence-electron chi connectivity index (χ4n) is 11.5. The molecule has 0 spiro atoms. The molecule has 5 unspecified atom stereocenters. The second-order valence-corrected chi connectivity index (χ2v) is 15.8. The molecule has 7 aliphatic rings. The molecule has 1 aromatic rings. The van der Waals surface area contributed by atoms with Crippen molar-refractivity contribution >= 4 is 12.3 Å². The van der Waals surface area contributed by atoms with Gasteiger partial charge in [-0.15, -0.1) is 0 Å². The monoisotopic (exact) mass is 636 g/mol. The summed E-state index contributed by atoms with van der Waals surface area (Å²) in [5.74, 6) is -1.27. The summed E-state index contributed by atoms with van der Waals surface area (Å²) in [5, 5.41) is 24.9. The van der Waals surface area contributed by atoms with Gasteiger partial charge in [-0.05, 0) is 88.5 Å². The molecule has 46 heavy (non-hydrogen) atoms. The van der Waals surface area contributed by atoms with Crippen molar-refractivity contribution in [1.29, 1.82) is 0 Å². The molecular formula is C37H48O9. The second-order valence-electron chi connectivity index (χ2n) is 15.8. The van der Waals surface area contributed by atoms with Crippen LogP contribution in [0.3, 0.4) is 0 Å². The standard InChI is InChI=1S/C37H48O9/c1-22-32-29(45-34(3,46-32)24-7-5-4-6-8-24)18-31(43-22)44-25-9-14-35(21-38)27-10-13-33(2)26(23-17-30(39)42-20-23)12-16-37(33,41)28(27)11-15-36(35,40)19-25/h4-8,17,21-22,25-29,31-32,40-41H,9-16,18-20H2,1-3H3/t22?,25-,26+,27?,28?,29?,31-,32+,33+,34?,35-,36-,37-/m0/s1. The minimum atomic E-state index is -1.21. The van der Waals surface area contributed by atoms with Gasteiger partial charge in [-0.1, -0.05) is 37.3 Å². The zero-order valence-corrected chi connectivity index (χ0v) is 27.2. The van der Waals surface area contributed by atoms with Gasteiger partial charge in [-0.3, -0.25) is 0 Å². The fourth-order valence-corrected chi connectivity index (χ4v) is 11.5. The van der Waals surface area contributed by atoms with E-state index in [1.807, 2.05) is 44.2 Å². The van der Waals surface area contributed by atoms with Crippen LogP contribution in [-0.2, 0) is 39.1 Å². The molecule has 0 radical (unpaired) electrons. The van der Waals surface area contributed by atoms with Crippen molar-refractivity contribution in [3.8, 4) is 0 Å². The highest BCUT2D eigenvalue weighted by atomic mass is 16.8. The van der Waals surface area contributed by atoms with Crippen LogP contribution in [0, 0.1) is 28.6 Å². The van der Waals surface area contributed by atoms with Crippen molar-refractivity contribution < 1.29 is 43.5 Å². The first-order chi connectivity index (χ1) is 21.9. The number of hydrogen-bond donors (Lipinski definition) is 2. The minimum Gasteiger partial charge on any atom is -0.458 e. The van der Waals surface area contributed by atoms with Gasteiger partial charge in [-0.25, -0.2) is 4.79 Å². The van der Waals surface area contributed by atoms with Gasteiger partial charge in [-0.2, -0.15) is 0 Å². The first-order valence-electron chi connectivity index (χ1n) is 17.4. The maximum atomic E-state index is 13.2. The predicted molar refractivity (Wildman–Crippen MR) is 165 cm³/mol. The van der Waals surface area contributed by atoms with Gasteiger partial charge in [0.15, 0.2) is 12.1 Å². The molecule has 250 valence electrons. The van der Waals surface area contributed by atoms with Crippen molar-refractivity contribution in [2.24, 2.45) is 28.6 Å². The van der Waals surface area contributed by atoms with E-state index >= 15 is 0 Å². The number of carbonyl (C=O) groups excluding carboxylic acids is 2. The van der Waals surface area contributed by atoms with Crippen LogP contribution in [-0.4, -0.2) is 71.0 Å². The predicted octanol–water partition coefficient (Wildman–Crippen LogP) is 4.71. The van der Waals surface area contributed by atoms with E-state index in [0.29, 0.717) is 51.6 Å². The molecule has 8 rings (SSSR count). The lowest BCUT2D eigenvalue weighted by molar-refractivity contribution is -0.278. The Morgan fingerprint density at radius 2 is 1.74 bits per heavy atom. The third-order valence-electron chi connectivity index (χ3n) is 13.8. The van der Waals surface area contributed by atoms with Crippen molar-refractivity contribution in [2.75, 3.05) is 6.61 Å². The Kier molecular flexibility index (Phi) is 7.23. The molecule has 9 nitrogen and oxygen atoms in total. The maximum Gasteiger partial charge on any atom is 0.331 e. The SMILES string of the molecule is CC1O[C@@H](O[C@H]2CC[C@]3(C=O)C4CC[C@]5(C)[C@@H](C6=CC(=O)OC6)CC[C@]5(O)C4CC[C@]3(O)C2)CC2OC(C)(c3ccccc3)O[C@H]12. The van der Waals surface area contributed by atoms with E-state index < -0.39 is 34.1 Å². The molecule has 0 aromatic heterocycles. The van der Waals surface area contributed by atoms with Gasteiger partial charge >= 0.3 is 5.97 Å². The molecule has 4 saturated carbocycles. The average Bonchev–Trinajstić information content (AvgIpc) is 3.70. The third-order valence-corrected chi connectivity index (χ3v) is 13.8. The molecule has 9 heteroatoms. The van der Waals surface area contributed by atoms with Crippen LogP contribution in [0.4, 0.5) is 0 Å². The number of aldehydes is 1. The van der Waals surface area contributed by atoms with Crippen molar-refractivity contribution in [1.82, 2.24) is 0 Å². The summed E-state index contributed by atoms with van der Waals surface area (Å²) >= 11 is 0. The highest BCUT2D eigenvalue weighted by molar-refractivity contribution is 5.85. The van der Waals surface area contributed by atoms with Crippen LogP contribution in [0.2, 0.25) is 0 Å².